The second-order valence-electron chi connectivity index (χ2n) is 12.4. The lowest BCUT2D eigenvalue weighted by Crippen LogP contribution is -2.44. The van der Waals surface area contributed by atoms with Gasteiger partial charge in [-0.1, -0.05) is 31.3 Å². The van der Waals surface area contributed by atoms with Crippen LogP contribution in [0.5, 0.6) is 0 Å². The lowest BCUT2D eigenvalue weighted by atomic mass is 9.91. The monoisotopic (exact) mass is 691 g/mol. The Morgan fingerprint density at radius 3 is 2.34 bits per heavy atom. The topological polar surface area (TPSA) is 172 Å². The van der Waals surface area contributed by atoms with Crippen molar-refractivity contribution in [3.63, 3.8) is 0 Å². The van der Waals surface area contributed by atoms with Gasteiger partial charge >= 0.3 is 0 Å². The molecule has 0 bridgehead atoms. The van der Waals surface area contributed by atoms with Crippen LogP contribution in [0, 0.1) is 11.8 Å². The summed E-state index contributed by atoms with van der Waals surface area (Å²) >= 11 is 0. The van der Waals surface area contributed by atoms with Gasteiger partial charge in [0.1, 0.15) is 19.7 Å². The summed E-state index contributed by atoms with van der Waals surface area (Å²) in [6.45, 7) is 9.52. The molecular weight excluding hydrogens is 634 g/mol. The molecule has 0 radical (unpaired) electrons. The molecule has 2 aromatic rings. The van der Waals surface area contributed by atoms with Crippen LogP contribution in [-0.4, -0.2) is 101 Å². The zero-order valence-electron chi connectivity index (χ0n) is 29.8. The molecule has 50 heavy (non-hydrogen) atoms. The van der Waals surface area contributed by atoms with Crippen LogP contribution in [0.4, 0.5) is 11.4 Å². The van der Waals surface area contributed by atoms with Gasteiger partial charge in [-0.25, -0.2) is 0 Å². The first kappa shape index (κ1) is 42.0. The smallest absolute Gasteiger partial charge is 0.243 e. The van der Waals surface area contributed by atoms with Crippen molar-refractivity contribution < 1.29 is 23.9 Å². The van der Waals surface area contributed by atoms with E-state index in [1.54, 1.807) is 6.07 Å². The number of nitrogens with one attached hydrogen (secondary N) is 3. The Kier molecular flexibility index (Phi) is 21.0. The highest BCUT2D eigenvalue weighted by Gasteiger charge is 2.23. The minimum absolute atomic E-state index is 0.326. The van der Waals surface area contributed by atoms with Gasteiger partial charge in [-0.05, 0) is 94.1 Å². The molecule has 1 unspecified atom stereocenters. The number of anilines is 2. The van der Waals surface area contributed by atoms with Crippen molar-refractivity contribution in [2.24, 2.45) is 5.73 Å². The number of carbonyl (C=O) groups is 4. The quantitative estimate of drug-likeness (QED) is 0.0564. The Bertz CT molecular complexity index is 1340. The predicted molar refractivity (Wildman–Crippen MR) is 200 cm³/mol. The average Bonchev–Trinajstić information content (AvgIpc) is 3.13. The molecule has 0 aliphatic heterocycles. The van der Waals surface area contributed by atoms with E-state index in [1.807, 2.05) is 49.9 Å². The molecule has 12 heteroatoms. The molecule has 2 amide bonds. The predicted octanol–water partition coefficient (Wildman–Crippen LogP) is 2.48. The van der Waals surface area contributed by atoms with Crippen molar-refractivity contribution >= 4 is 36.8 Å². The first-order chi connectivity index (χ1) is 24.4. The van der Waals surface area contributed by atoms with E-state index in [-0.39, 0.29) is 5.91 Å². The zero-order valence-corrected chi connectivity index (χ0v) is 29.8. The summed E-state index contributed by atoms with van der Waals surface area (Å²) in [5.41, 5.74) is 15.7. The highest BCUT2D eigenvalue weighted by atomic mass is 16.5. The Morgan fingerprint density at radius 1 is 1.04 bits per heavy atom. The number of nitrogens with zero attached hydrogens (tertiary/aromatic N) is 2. The molecule has 1 saturated carbocycles. The van der Waals surface area contributed by atoms with Crippen molar-refractivity contribution in [3.05, 3.63) is 59.2 Å². The summed E-state index contributed by atoms with van der Waals surface area (Å²) in [6, 6.07) is 14.0. The number of nitrogens with two attached hydrogens (primary N) is 2. The molecule has 1 aliphatic carbocycles. The molecule has 3 rings (SSSR count). The van der Waals surface area contributed by atoms with Gasteiger partial charge in [-0.15, -0.1) is 0 Å². The van der Waals surface area contributed by atoms with Crippen LogP contribution in [0.3, 0.4) is 0 Å². The fraction of sp³-hybridized carbons (Fsp3) is 0.526. The molecule has 0 spiro atoms. The first-order valence-corrected chi connectivity index (χ1v) is 17.5. The largest absolute Gasteiger partial charge is 0.399 e. The van der Waals surface area contributed by atoms with Gasteiger partial charge in [0.15, 0.2) is 0 Å². The summed E-state index contributed by atoms with van der Waals surface area (Å²) < 4.78 is 5.75. The highest BCUT2D eigenvalue weighted by Crippen LogP contribution is 2.20. The maximum atomic E-state index is 12.4. The second-order valence-corrected chi connectivity index (χ2v) is 12.4. The van der Waals surface area contributed by atoms with E-state index in [0.29, 0.717) is 56.8 Å². The first-order valence-electron chi connectivity index (χ1n) is 17.5. The third-order valence-corrected chi connectivity index (χ3v) is 8.79. The normalized spacial score (nSPS) is 15.9. The SMILES string of the molecule is C=O.CCCC(C(=O)NC=O)N(C)Cc1cc(C#CCOCCCNC2CCC(NCCN(CCN)c3ccc(N)cc3)CC2)ccc1C=O. The molecule has 0 aromatic heterocycles. The standard InChI is InChI=1S/C37H55N7O4.CH2O/c1-3-6-36(37(47)42-28-46)43(2)26-31-25-29(8-9-30(31)27-45)7-4-23-48-24-5-19-40-33-12-14-34(15-13-33)41-20-22-44(21-18-38)35-16-10-32(39)11-17-35;1-2/h8-11,16-17,25,27-28,33-34,36,40-41H,3,5-6,12-15,18-24,26,38-39H2,1-2H3,(H,42,46,47);1H2. The average molecular weight is 692 g/mol. The number of ether oxygens (including phenoxy) is 1. The van der Waals surface area contributed by atoms with E-state index in [1.165, 1.54) is 25.7 Å². The van der Waals surface area contributed by atoms with Crippen LogP contribution in [0.15, 0.2) is 42.5 Å². The van der Waals surface area contributed by atoms with Gasteiger partial charge < -0.3 is 36.5 Å². The third-order valence-electron chi connectivity index (χ3n) is 8.79. The zero-order chi connectivity index (χ0) is 36.6. The van der Waals surface area contributed by atoms with Crippen LogP contribution >= 0.6 is 0 Å². The van der Waals surface area contributed by atoms with Crippen LogP contribution in [0.1, 0.15) is 73.4 Å². The van der Waals surface area contributed by atoms with Crippen molar-refractivity contribution in [2.75, 3.05) is 63.6 Å². The summed E-state index contributed by atoms with van der Waals surface area (Å²) in [4.78, 5) is 47.0. The lowest BCUT2D eigenvalue weighted by Gasteiger charge is -2.31. The molecule has 0 saturated heterocycles. The van der Waals surface area contributed by atoms with E-state index in [4.69, 9.17) is 21.0 Å². The van der Waals surface area contributed by atoms with Crippen molar-refractivity contribution in [1.29, 1.82) is 0 Å². The van der Waals surface area contributed by atoms with Crippen LogP contribution < -0.4 is 32.3 Å². The van der Waals surface area contributed by atoms with Gasteiger partial charge in [-0.3, -0.25) is 24.6 Å². The molecule has 1 fully saturated rings. The molecule has 1 aliphatic rings. The molecule has 1 atom stereocenters. The maximum Gasteiger partial charge on any atom is 0.243 e. The van der Waals surface area contributed by atoms with Crippen molar-refractivity contribution in [2.45, 2.75) is 76.5 Å². The maximum absolute atomic E-state index is 12.4. The van der Waals surface area contributed by atoms with E-state index >= 15 is 0 Å². The molecule has 0 heterocycles. The summed E-state index contributed by atoms with van der Waals surface area (Å²) in [6.07, 6.45) is 8.19. The van der Waals surface area contributed by atoms with Gasteiger partial charge in [-0.2, -0.15) is 0 Å². The van der Waals surface area contributed by atoms with Crippen molar-refractivity contribution in [3.8, 4) is 11.8 Å². The van der Waals surface area contributed by atoms with E-state index in [0.717, 1.165) is 67.8 Å². The summed E-state index contributed by atoms with van der Waals surface area (Å²) in [5.74, 6) is 5.84. The third kappa shape index (κ3) is 15.2. The number of likely N-dealkylation sites (N-methyl/N-ethyl adjacent to an activating group) is 1. The Morgan fingerprint density at radius 2 is 1.72 bits per heavy atom. The minimum Gasteiger partial charge on any atom is -0.399 e. The Balaban J connectivity index is 0.00000425. The minimum atomic E-state index is -0.472. The Hall–Kier alpha value is -4.12. The number of amides is 2. The molecule has 2 aromatic carbocycles. The van der Waals surface area contributed by atoms with E-state index in [9.17, 15) is 14.4 Å². The number of hydrogen-bond donors (Lipinski definition) is 5. The van der Waals surface area contributed by atoms with Gasteiger partial charge in [0.25, 0.3) is 0 Å². The fourth-order valence-corrected chi connectivity index (χ4v) is 6.15. The summed E-state index contributed by atoms with van der Waals surface area (Å²) in [7, 11) is 1.81. The number of hydrogen-bond acceptors (Lipinski definition) is 11. The number of carbonyl (C=O) groups excluding carboxylic acids is 4. The van der Waals surface area contributed by atoms with Gasteiger partial charge in [0, 0.05) is 73.9 Å². The van der Waals surface area contributed by atoms with Crippen LogP contribution in [-0.2, 0) is 25.7 Å². The number of nitrogen functional groups attached to an aromatic ring is 1. The number of aldehydes is 1. The lowest BCUT2D eigenvalue weighted by molar-refractivity contribution is -0.129. The number of benzene rings is 2. The van der Waals surface area contributed by atoms with Crippen LogP contribution in [0.25, 0.3) is 0 Å². The highest BCUT2D eigenvalue weighted by molar-refractivity contribution is 5.90. The summed E-state index contributed by atoms with van der Waals surface area (Å²) in [5, 5.41) is 9.68. The van der Waals surface area contributed by atoms with Crippen molar-refractivity contribution in [1.82, 2.24) is 20.9 Å². The fourth-order valence-electron chi connectivity index (χ4n) is 6.15. The number of rotatable bonds is 21. The molecular formula is C38H57N7O5. The molecule has 274 valence electrons. The van der Waals surface area contributed by atoms with E-state index in [2.05, 4.69) is 44.8 Å². The van der Waals surface area contributed by atoms with Gasteiger partial charge in [0.2, 0.25) is 12.3 Å². The molecule has 12 nitrogen and oxygen atoms in total. The Labute approximate surface area is 298 Å². The number of imide groups is 1. The van der Waals surface area contributed by atoms with Crippen LogP contribution in [0.2, 0.25) is 0 Å². The molecule has 7 N–H and O–H groups in total. The van der Waals surface area contributed by atoms with E-state index < -0.39 is 6.04 Å². The second kappa shape index (κ2) is 24.9. The van der Waals surface area contributed by atoms with Gasteiger partial charge in [0.05, 0.1) is 6.04 Å².